The van der Waals surface area contributed by atoms with Crippen LogP contribution in [-0.2, 0) is 11.3 Å². The third-order valence-electron chi connectivity index (χ3n) is 5.03. The minimum absolute atomic E-state index is 0.0669. The molecule has 0 saturated carbocycles. The van der Waals surface area contributed by atoms with E-state index in [1.165, 1.54) is 22.5 Å². The topological polar surface area (TPSA) is 42.2 Å². The number of hydrogen-bond donors (Lipinski definition) is 1. The number of nitrogens with zero attached hydrogens (tertiary/aromatic N) is 1. The van der Waals surface area contributed by atoms with Crippen LogP contribution >= 0.6 is 0 Å². The van der Waals surface area contributed by atoms with Crippen LogP contribution in [-0.4, -0.2) is 15.6 Å². The number of hydrogen-bond acceptors (Lipinski definition) is 1. The molecule has 1 aliphatic heterocycles. The molecular weight excluding hydrogens is 262 g/mol. The monoisotopic (exact) mass is 283 g/mol. The molecule has 2 heterocycles. The maximum absolute atomic E-state index is 11.9. The molecule has 1 aromatic carbocycles. The maximum atomic E-state index is 11.9. The van der Waals surface area contributed by atoms with Crippen molar-refractivity contribution in [1.82, 2.24) is 4.57 Å². The zero-order valence-corrected chi connectivity index (χ0v) is 12.8. The number of aliphatic carboxylic acids is 1. The lowest BCUT2D eigenvalue weighted by Gasteiger charge is -2.20. The van der Waals surface area contributed by atoms with E-state index in [2.05, 4.69) is 25.3 Å². The molecule has 0 radical (unpaired) electrons. The second kappa shape index (κ2) is 5.06. The van der Waals surface area contributed by atoms with Crippen molar-refractivity contribution in [3.05, 3.63) is 58.4 Å². The van der Waals surface area contributed by atoms with Crippen LogP contribution in [0.5, 0.6) is 0 Å². The highest BCUT2D eigenvalue weighted by Gasteiger charge is 2.38. The highest BCUT2D eigenvalue weighted by molar-refractivity contribution is 5.78. The van der Waals surface area contributed by atoms with Crippen molar-refractivity contribution in [1.29, 1.82) is 0 Å². The summed E-state index contributed by atoms with van der Waals surface area (Å²) in [4.78, 5) is 11.9. The molecule has 0 spiro atoms. The third kappa shape index (κ3) is 2.08. The Balaban J connectivity index is 2.10. The van der Waals surface area contributed by atoms with Crippen molar-refractivity contribution in [3.8, 4) is 0 Å². The lowest BCUT2D eigenvalue weighted by atomic mass is 9.82. The summed E-state index contributed by atoms with van der Waals surface area (Å²) >= 11 is 0. The quantitative estimate of drug-likeness (QED) is 0.931. The van der Waals surface area contributed by atoms with Gasteiger partial charge in [-0.1, -0.05) is 30.3 Å². The van der Waals surface area contributed by atoms with Crippen molar-refractivity contribution in [2.24, 2.45) is 0 Å². The van der Waals surface area contributed by atoms with E-state index in [0.29, 0.717) is 0 Å². The lowest BCUT2D eigenvalue weighted by molar-refractivity contribution is -0.139. The van der Waals surface area contributed by atoms with Gasteiger partial charge in [-0.25, -0.2) is 0 Å². The molecule has 0 amide bonds. The summed E-state index contributed by atoms with van der Waals surface area (Å²) in [5, 5.41) is 9.77. The second-order valence-electron chi connectivity index (χ2n) is 5.99. The number of carboxylic acid groups (broad SMARTS) is 1. The van der Waals surface area contributed by atoms with Gasteiger partial charge < -0.3 is 9.67 Å². The Morgan fingerprint density at radius 1 is 1.19 bits per heavy atom. The average Bonchev–Trinajstić information content (AvgIpc) is 2.98. The van der Waals surface area contributed by atoms with Crippen molar-refractivity contribution in [2.45, 2.75) is 45.6 Å². The largest absolute Gasteiger partial charge is 0.481 e. The zero-order valence-electron chi connectivity index (χ0n) is 12.8. The molecule has 2 aromatic rings. The van der Waals surface area contributed by atoms with E-state index in [1.54, 1.807) is 0 Å². The Morgan fingerprint density at radius 3 is 2.48 bits per heavy atom. The summed E-state index contributed by atoms with van der Waals surface area (Å²) in [5.41, 5.74) is 5.96. The maximum Gasteiger partial charge on any atom is 0.311 e. The Morgan fingerprint density at radius 2 is 1.86 bits per heavy atom. The Kier molecular flexibility index (Phi) is 3.36. The number of benzene rings is 1. The Labute approximate surface area is 125 Å². The molecule has 21 heavy (non-hydrogen) atoms. The summed E-state index contributed by atoms with van der Waals surface area (Å²) in [6, 6.07) is 9.63. The summed E-state index contributed by atoms with van der Waals surface area (Å²) in [6.07, 6.45) is 0.906. The first kappa shape index (κ1) is 13.9. The number of carboxylic acids is 1. The van der Waals surface area contributed by atoms with Crippen LogP contribution in [0.4, 0.5) is 0 Å². The van der Waals surface area contributed by atoms with Gasteiger partial charge in [-0.05, 0) is 43.9 Å². The van der Waals surface area contributed by atoms with Gasteiger partial charge in [-0.15, -0.1) is 0 Å². The van der Waals surface area contributed by atoms with Gasteiger partial charge >= 0.3 is 5.97 Å². The van der Waals surface area contributed by atoms with Crippen molar-refractivity contribution in [2.75, 3.05) is 0 Å². The molecule has 3 nitrogen and oxygen atoms in total. The smallest absolute Gasteiger partial charge is 0.311 e. The molecule has 1 N–H and O–H groups in total. The molecule has 1 aromatic heterocycles. The van der Waals surface area contributed by atoms with Gasteiger partial charge in [-0.3, -0.25) is 4.79 Å². The Bertz CT molecular complexity index is 685. The summed E-state index contributed by atoms with van der Waals surface area (Å²) in [7, 11) is 0. The minimum atomic E-state index is -0.726. The number of rotatable bonds is 3. The van der Waals surface area contributed by atoms with Crippen LogP contribution in [0.3, 0.4) is 0 Å². The normalized spacial score (nSPS) is 18.5. The highest BCUT2D eigenvalue weighted by Crippen LogP contribution is 2.44. The van der Waals surface area contributed by atoms with E-state index in [1.807, 2.05) is 30.3 Å². The minimum Gasteiger partial charge on any atom is -0.481 e. The van der Waals surface area contributed by atoms with E-state index in [4.69, 9.17) is 0 Å². The van der Waals surface area contributed by atoms with E-state index < -0.39 is 11.9 Å². The molecule has 3 rings (SSSR count). The fourth-order valence-corrected chi connectivity index (χ4v) is 3.75. The molecule has 2 atom stereocenters. The van der Waals surface area contributed by atoms with Crippen molar-refractivity contribution < 1.29 is 9.90 Å². The molecule has 3 heteroatoms. The summed E-state index contributed by atoms with van der Waals surface area (Å²) in [5.74, 6) is -1.12. The van der Waals surface area contributed by atoms with Gasteiger partial charge in [0, 0.05) is 23.9 Å². The second-order valence-corrected chi connectivity index (χ2v) is 5.99. The average molecular weight is 283 g/mol. The molecular formula is C18H21NO2. The number of fused-ring (bicyclic) bond motifs is 1. The van der Waals surface area contributed by atoms with E-state index in [-0.39, 0.29) is 5.92 Å². The van der Waals surface area contributed by atoms with E-state index >= 15 is 0 Å². The van der Waals surface area contributed by atoms with Gasteiger partial charge in [0.05, 0.1) is 5.92 Å². The van der Waals surface area contributed by atoms with Gasteiger partial charge in [0.15, 0.2) is 0 Å². The third-order valence-corrected chi connectivity index (χ3v) is 5.03. The van der Waals surface area contributed by atoms with Crippen LogP contribution in [0, 0.1) is 20.8 Å². The molecule has 0 aliphatic carbocycles. The molecule has 0 fully saturated rings. The molecule has 0 bridgehead atoms. The van der Waals surface area contributed by atoms with Crippen LogP contribution in [0.15, 0.2) is 30.3 Å². The van der Waals surface area contributed by atoms with E-state index in [0.717, 1.165) is 18.5 Å². The summed E-state index contributed by atoms with van der Waals surface area (Å²) in [6.45, 7) is 7.31. The van der Waals surface area contributed by atoms with Crippen LogP contribution in [0.2, 0.25) is 0 Å². The first-order valence-corrected chi connectivity index (χ1v) is 7.46. The first-order valence-electron chi connectivity index (χ1n) is 7.46. The Hall–Kier alpha value is -2.03. The SMILES string of the molecule is Cc1c(C)c2n(c1C)CCC2C(C(=O)O)c1ccccc1. The van der Waals surface area contributed by atoms with Gasteiger partial charge in [0.2, 0.25) is 0 Å². The molecule has 110 valence electrons. The molecule has 2 unspecified atom stereocenters. The van der Waals surface area contributed by atoms with Crippen LogP contribution < -0.4 is 0 Å². The fraction of sp³-hybridized carbons (Fsp3) is 0.389. The molecule has 0 saturated heterocycles. The van der Waals surface area contributed by atoms with Crippen LogP contribution in [0.1, 0.15) is 46.3 Å². The van der Waals surface area contributed by atoms with Gasteiger partial charge in [-0.2, -0.15) is 0 Å². The van der Waals surface area contributed by atoms with Gasteiger partial charge in [0.1, 0.15) is 0 Å². The summed E-state index contributed by atoms with van der Waals surface area (Å²) < 4.78 is 2.31. The lowest BCUT2D eigenvalue weighted by Crippen LogP contribution is -2.19. The van der Waals surface area contributed by atoms with Crippen LogP contribution in [0.25, 0.3) is 0 Å². The zero-order chi connectivity index (χ0) is 15.1. The standard InChI is InChI=1S/C18H21NO2/c1-11-12(2)17-15(9-10-19(17)13(11)3)16(18(20)21)14-7-5-4-6-8-14/h4-8,15-16H,9-10H2,1-3H3,(H,20,21). The predicted octanol–water partition coefficient (Wildman–Crippen LogP) is 3.77. The number of carbonyl (C=O) groups is 1. The van der Waals surface area contributed by atoms with Gasteiger partial charge in [0.25, 0.3) is 0 Å². The molecule has 1 aliphatic rings. The number of aromatic nitrogens is 1. The first-order chi connectivity index (χ1) is 10.0. The van der Waals surface area contributed by atoms with E-state index in [9.17, 15) is 9.90 Å². The fourth-order valence-electron chi connectivity index (χ4n) is 3.75. The van der Waals surface area contributed by atoms with Crippen molar-refractivity contribution in [3.63, 3.8) is 0 Å². The van der Waals surface area contributed by atoms with Crippen molar-refractivity contribution >= 4 is 5.97 Å². The highest BCUT2D eigenvalue weighted by atomic mass is 16.4. The predicted molar refractivity (Wildman–Crippen MR) is 82.8 cm³/mol.